The SMILES string of the molecule is CN=C(NCCc1ccccc1OC)NCCN1CCN(C(C)=O)CC1. The second-order valence-electron chi connectivity index (χ2n) is 6.34. The van der Waals surface area contributed by atoms with E-state index in [0.717, 1.165) is 63.9 Å². The van der Waals surface area contributed by atoms with Gasteiger partial charge in [0.2, 0.25) is 5.91 Å². The van der Waals surface area contributed by atoms with Gasteiger partial charge in [0, 0.05) is 59.8 Å². The van der Waals surface area contributed by atoms with Crippen molar-refractivity contribution in [2.24, 2.45) is 4.99 Å². The Morgan fingerprint density at radius 2 is 1.85 bits per heavy atom. The van der Waals surface area contributed by atoms with E-state index in [-0.39, 0.29) is 5.91 Å². The summed E-state index contributed by atoms with van der Waals surface area (Å²) in [6, 6.07) is 8.06. The van der Waals surface area contributed by atoms with E-state index in [4.69, 9.17) is 4.74 Å². The van der Waals surface area contributed by atoms with Crippen molar-refractivity contribution in [1.82, 2.24) is 20.4 Å². The highest BCUT2D eigenvalue weighted by Gasteiger charge is 2.17. The van der Waals surface area contributed by atoms with Crippen molar-refractivity contribution in [3.8, 4) is 5.75 Å². The molecule has 1 heterocycles. The van der Waals surface area contributed by atoms with Gasteiger partial charge in [0.05, 0.1) is 7.11 Å². The molecule has 2 rings (SSSR count). The van der Waals surface area contributed by atoms with Crippen molar-refractivity contribution in [3.63, 3.8) is 0 Å². The number of carbonyl (C=O) groups is 1. The molecular formula is C19H31N5O2. The molecular weight excluding hydrogens is 330 g/mol. The summed E-state index contributed by atoms with van der Waals surface area (Å²) in [6.07, 6.45) is 0.873. The van der Waals surface area contributed by atoms with Gasteiger partial charge in [0.25, 0.3) is 0 Å². The molecule has 0 radical (unpaired) electrons. The standard InChI is InChI=1S/C19H31N5O2/c1-16(25)24-14-12-23(13-15-24)11-10-22-19(20-2)21-9-8-17-6-4-5-7-18(17)26-3/h4-7H,8-15H2,1-3H3,(H2,20,21,22). The number of ether oxygens (including phenoxy) is 1. The Bertz CT molecular complexity index is 597. The van der Waals surface area contributed by atoms with Crippen molar-refractivity contribution >= 4 is 11.9 Å². The fourth-order valence-corrected chi connectivity index (χ4v) is 3.06. The number of aliphatic imine (C=N–C) groups is 1. The highest BCUT2D eigenvalue weighted by atomic mass is 16.5. The minimum absolute atomic E-state index is 0.169. The number of hydrogen-bond acceptors (Lipinski definition) is 4. The van der Waals surface area contributed by atoms with Crippen LogP contribution in [-0.2, 0) is 11.2 Å². The lowest BCUT2D eigenvalue weighted by Gasteiger charge is -2.34. The van der Waals surface area contributed by atoms with Crippen molar-refractivity contribution in [1.29, 1.82) is 0 Å². The van der Waals surface area contributed by atoms with Crippen LogP contribution >= 0.6 is 0 Å². The van der Waals surface area contributed by atoms with E-state index < -0.39 is 0 Å². The van der Waals surface area contributed by atoms with Crippen LogP contribution in [0.2, 0.25) is 0 Å². The average molecular weight is 361 g/mol. The first-order valence-corrected chi connectivity index (χ1v) is 9.18. The Balaban J connectivity index is 1.65. The molecule has 0 aliphatic carbocycles. The van der Waals surface area contributed by atoms with Gasteiger partial charge in [0.1, 0.15) is 5.75 Å². The summed E-state index contributed by atoms with van der Waals surface area (Å²) in [7, 11) is 3.48. The number of amides is 1. The molecule has 1 fully saturated rings. The quantitative estimate of drug-likeness (QED) is 0.549. The molecule has 1 aromatic carbocycles. The number of methoxy groups -OCH3 is 1. The van der Waals surface area contributed by atoms with Crippen LogP contribution in [0, 0.1) is 0 Å². The second kappa shape index (κ2) is 10.7. The summed E-state index contributed by atoms with van der Waals surface area (Å²) in [5, 5.41) is 6.69. The Morgan fingerprint density at radius 1 is 1.15 bits per heavy atom. The molecule has 2 N–H and O–H groups in total. The minimum atomic E-state index is 0.169. The maximum Gasteiger partial charge on any atom is 0.219 e. The van der Waals surface area contributed by atoms with E-state index >= 15 is 0 Å². The topological polar surface area (TPSA) is 69.2 Å². The van der Waals surface area contributed by atoms with Crippen LogP contribution in [0.25, 0.3) is 0 Å². The third-order valence-corrected chi connectivity index (χ3v) is 4.64. The monoisotopic (exact) mass is 361 g/mol. The lowest BCUT2D eigenvalue weighted by Crippen LogP contribution is -2.50. The first-order chi connectivity index (χ1) is 12.6. The van der Waals surface area contributed by atoms with Gasteiger partial charge in [-0.1, -0.05) is 18.2 Å². The van der Waals surface area contributed by atoms with E-state index in [9.17, 15) is 4.79 Å². The van der Waals surface area contributed by atoms with Crippen molar-refractivity contribution in [3.05, 3.63) is 29.8 Å². The number of para-hydroxylation sites is 1. The number of nitrogens with one attached hydrogen (secondary N) is 2. The van der Waals surface area contributed by atoms with Crippen LogP contribution in [0.3, 0.4) is 0 Å². The average Bonchev–Trinajstić information content (AvgIpc) is 2.67. The fraction of sp³-hybridized carbons (Fsp3) is 0.579. The number of piperazine rings is 1. The van der Waals surface area contributed by atoms with Crippen molar-refractivity contribution in [2.75, 3.05) is 60.0 Å². The first-order valence-electron chi connectivity index (χ1n) is 9.18. The van der Waals surface area contributed by atoms with Crippen LogP contribution in [0.1, 0.15) is 12.5 Å². The molecule has 1 aliphatic rings. The molecule has 0 aromatic heterocycles. The van der Waals surface area contributed by atoms with E-state index in [1.165, 1.54) is 5.56 Å². The molecule has 144 valence electrons. The molecule has 7 nitrogen and oxygen atoms in total. The van der Waals surface area contributed by atoms with Crippen LogP contribution in [0.15, 0.2) is 29.3 Å². The molecule has 0 unspecified atom stereocenters. The van der Waals surface area contributed by atoms with Gasteiger partial charge in [-0.3, -0.25) is 14.7 Å². The Hall–Kier alpha value is -2.28. The Labute approximate surface area is 156 Å². The lowest BCUT2D eigenvalue weighted by atomic mass is 10.1. The number of benzene rings is 1. The smallest absolute Gasteiger partial charge is 0.219 e. The summed E-state index contributed by atoms with van der Waals surface area (Å²) < 4.78 is 5.38. The van der Waals surface area contributed by atoms with Gasteiger partial charge < -0.3 is 20.3 Å². The number of rotatable bonds is 7. The lowest BCUT2D eigenvalue weighted by molar-refractivity contribution is -0.130. The number of carbonyl (C=O) groups excluding carboxylic acids is 1. The van der Waals surface area contributed by atoms with Gasteiger partial charge in [-0.2, -0.15) is 0 Å². The summed E-state index contributed by atoms with van der Waals surface area (Å²) in [4.78, 5) is 19.9. The van der Waals surface area contributed by atoms with Gasteiger partial charge in [-0.25, -0.2) is 0 Å². The van der Waals surface area contributed by atoms with Gasteiger partial charge in [-0.05, 0) is 18.1 Å². The molecule has 0 bridgehead atoms. The third kappa shape index (κ3) is 6.22. The summed E-state index contributed by atoms with van der Waals surface area (Å²) in [5.74, 6) is 1.90. The maximum atomic E-state index is 11.4. The largest absolute Gasteiger partial charge is 0.496 e. The summed E-state index contributed by atoms with van der Waals surface area (Å²) in [6.45, 7) is 7.70. The van der Waals surface area contributed by atoms with Crippen LogP contribution in [0.5, 0.6) is 5.75 Å². The Kier molecular flexibility index (Phi) is 8.21. The zero-order chi connectivity index (χ0) is 18.8. The predicted octanol–water partition coefficient (Wildman–Crippen LogP) is 0.567. The van der Waals surface area contributed by atoms with Crippen LogP contribution in [-0.4, -0.2) is 81.6 Å². The highest BCUT2D eigenvalue weighted by Crippen LogP contribution is 2.17. The van der Waals surface area contributed by atoms with E-state index in [2.05, 4.69) is 26.6 Å². The first kappa shape index (κ1) is 20.0. The molecule has 1 amide bonds. The highest BCUT2D eigenvalue weighted by molar-refractivity contribution is 5.79. The van der Waals surface area contributed by atoms with Gasteiger partial charge in [0.15, 0.2) is 5.96 Å². The van der Waals surface area contributed by atoms with Crippen LogP contribution in [0.4, 0.5) is 0 Å². The van der Waals surface area contributed by atoms with Gasteiger partial charge in [-0.15, -0.1) is 0 Å². The molecule has 26 heavy (non-hydrogen) atoms. The third-order valence-electron chi connectivity index (χ3n) is 4.64. The van der Waals surface area contributed by atoms with E-state index in [1.807, 2.05) is 23.1 Å². The van der Waals surface area contributed by atoms with E-state index in [0.29, 0.717) is 0 Å². The summed E-state index contributed by atoms with van der Waals surface area (Å²) in [5.41, 5.74) is 1.18. The normalized spacial score (nSPS) is 15.7. The number of guanidine groups is 1. The van der Waals surface area contributed by atoms with E-state index in [1.54, 1.807) is 21.1 Å². The predicted molar refractivity (Wildman–Crippen MR) is 105 cm³/mol. The molecule has 0 atom stereocenters. The molecule has 1 aliphatic heterocycles. The van der Waals surface area contributed by atoms with Gasteiger partial charge >= 0.3 is 0 Å². The second-order valence-corrected chi connectivity index (χ2v) is 6.34. The fourth-order valence-electron chi connectivity index (χ4n) is 3.06. The molecule has 0 spiro atoms. The van der Waals surface area contributed by atoms with Crippen LogP contribution < -0.4 is 15.4 Å². The molecule has 1 aromatic rings. The van der Waals surface area contributed by atoms with Crippen molar-refractivity contribution in [2.45, 2.75) is 13.3 Å². The molecule has 0 saturated carbocycles. The Morgan fingerprint density at radius 3 is 2.50 bits per heavy atom. The zero-order valence-corrected chi connectivity index (χ0v) is 16.1. The molecule has 1 saturated heterocycles. The maximum absolute atomic E-state index is 11.4. The number of hydrogen-bond donors (Lipinski definition) is 2. The summed E-state index contributed by atoms with van der Waals surface area (Å²) >= 11 is 0. The van der Waals surface area contributed by atoms with Crippen molar-refractivity contribution < 1.29 is 9.53 Å². The zero-order valence-electron chi connectivity index (χ0n) is 16.1. The number of nitrogens with zero attached hydrogens (tertiary/aromatic N) is 3. The minimum Gasteiger partial charge on any atom is -0.496 e. The molecule has 7 heteroatoms.